The third-order valence-corrected chi connectivity index (χ3v) is 4.44. The van der Waals surface area contributed by atoms with Crippen LogP contribution in [0.4, 0.5) is 0 Å². The van der Waals surface area contributed by atoms with Crippen molar-refractivity contribution in [3.63, 3.8) is 0 Å². The molecule has 1 saturated heterocycles. The van der Waals surface area contributed by atoms with Gasteiger partial charge in [-0.3, -0.25) is 4.79 Å². The number of piperidine rings is 1. The quantitative estimate of drug-likeness (QED) is 0.879. The van der Waals surface area contributed by atoms with Crippen LogP contribution >= 0.6 is 24.0 Å². The summed E-state index contributed by atoms with van der Waals surface area (Å²) in [7, 11) is 1.55. The minimum Gasteiger partial charge on any atom is -0.496 e. The van der Waals surface area contributed by atoms with Crippen LogP contribution in [0, 0.1) is 5.41 Å². The lowest BCUT2D eigenvalue weighted by molar-refractivity contribution is 0.0926. The summed E-state index contributed by atoms with van der Waals surface area (Å²) in [6.45, 7) is 6.07. The summed E-state index contributed by atoms with van der Waals surface area (Å²) in [6.07, 6.45) is 2.35. The van der Waals surface area contributed by atoms with Gasteiger partial charge in [0.2, 0.25) is 0 Å². The minimum absolute atomic E-state index is 0. The van der Waals surface area contributed by atoms with E-state index in [9.17, 15) is 4.79 Å². The molecule has 1 aromatic rings. The molecule has 2 N–H and O–H groups in total. The van der Waals surface area contributed by atoms with E-state index in [1.165, 1.54) is 12.8 Å². The smallest absolute Gasteiger partial charge is 0.255 e. The van der Waals surface area contributed by atoms with Gasteiger partial charge in [0.1, 0.15) is 5.75 Å². The van der Waals surface area contributed by atoms with Crippen LogP contribution in [0.3, 0.4) is 0 Å². The molecule has 0 spiro atoms. The van der Waals surface area contributed by atoms with E-state index in [4.69, 9.17) is 16.3 Å². The predicted octanol–water partition coefficient (Wildman–Crippen LogP) is 3.28. The molecule has 2 rings (SSSR count). The molecule has 1 fully saturated rings. The second kappa shape index (κ2) is 8.04. The summed E-state index contributed by atoms with van der Waals surface area (Å²) in [6, 6.07) is 5.33. The van der Waals surface area contributed by atoms with Gasteiger partial charge in [-0.1, -0.05) is 25.4 Å². The Labute approximate surface area is 143 Å². The zero-order chi connectivity index (χ0) is 15.5. The van der Waals surface area contributed by atoms with Crippen molar-refractivity contribution in [2.24, 2.45) is 5.41 Å². The first-order valence-corrected chi connectivity index (χ1v) is 7.67. The van der Waals surface area contributed by atoms with Crippen LogP contribution in [0.2, 0.25) is 5.02 Å². The van der Waals surface area contributed by atoms with E-state index in [1.54, 1.807) is 25.3 Å². The summed E-state index contributed by atoms with van der Waals surface area (Å²) in [5.41, 5.74) is 0.655. The van der Waals surface area contributed by atoms with Gasteiger partial charge in [-0.25, -0.2) is 0 Å². The van der Waals surface area contributed by atoms with E-state index >= 15 is 0 Å². The second-order valence-electron chi connectivity index (χ2n) is 6.15. The van der Waals surface area contributed by atoms with Crippen LogP contribution in [0.15, 0.2) is 18.2 Å². The fourth-order valence-electron chi connectivity index (χ4n) is 2.77. The third kappa shape index (κ3) is 4.51. The molecule has 0 bridgehead atoms. The molecule has 1 heterocycles. The highest BCUT2D eigenvalue weighted by atomic mass is 35.5. The van der Waals surface area contributed by atoms with Gasteiger partial charge in [0.05, 0.1) is 12.7 Å². The molecule has 0 aromatic heterocycles. The van der Waals surface area contributed by atoms with Crippen LogP contribution in [-0.2, 0) is 0 Å². The number of carbonyl (C=O) groups excluding carboxylic acids is 1. The number of methoxy groups -OCH3 is 1. The molecule has 1 aromatic carbocycles. The van der Waals surface area contributed by atoms with Gasteiger partial charge in [0, 0.05) is 17.6 Å². The van der Waals surface area contributed by atoms with Crippen LogP contribution in [-0.4, -0.2) is 32.1 Å². The molecule has 0 saturated carbocycles. The van der Waals surface area contributed by atoms with Gasteiger partial charge in [0.15, 0.2) is 0 Å². The lowest BCUT2D eigenvalue weighted by Gasteiger charge is -2.39. The number of carbonyl (C=O) groups is 1. The zero-order valence-corrected chi connectivity index (χ0v) is 14.8. The summed E-state index contributed by atoms with van der Waals surface area (Å²) >= 11 is 5.96. The fourth-order valence-corrected chi connectivity index (χ4v) is 2.94. The highest BCUT2D eigenvalue weighted by Crippen LogP contribution is 2.29. The molecule has 1 atom stereocenters. The predicted molar refractivity (Wildman–Crippen MR) is 92.4 cm³/mol. The molecule has 0 radical (unpaired) electrons. The van der Waals surface area contributed by atoms with Crippen molar-refractivity contribution >= 4 is 29.9 Å². The number of rotatable bonds is 4. The molecule has 1 unspecified atom stereocenters. The van der Waals surface area contributed by atoms with Crippen molar-refractivity contribution in [3.8, 4) is 5.75 Å². The number of hydrogen-bond acceptors (Lipinski definition) is 3. The van der Waals surface area contributed by atoms with Gasteiger partial charge in [0.25, 0.3) is 5.91 Å². The maximum absolute atomic E-state index is 12.4. The second-order valence-corrected chi connectivity index (χ2v) is 6.59. The number of hydrogen-bond donors (Lipinski definition) is 2. The number of halogens is 2. The number of ether oxygens (including phenoxy) is 1. The van der Waals surface area contributed by atoms with Crippen molar-refractivity contribution in [1.29, 1.82) is 0 Å². The Hall–Kier alpha value is -0.970. The van der Waals surface area contributed by atoms with E-state index in [0.29, 0.717) is 22.9 Å². The Bertz CT molecular complexity index is 521. The van der Waals surface area contributed by atoms with Gasteiger partial charge in [-0.15, -0.1) is 12.4 Å². The molecule has 22 heavy (non-hydrogen) atoms. The molecule has 124 valence electrons. The highest BCUT2D eigenvalue weighted by molar-refractivity contribution is 6.31. The van der Waals surface area contributed by atoms with Crippen molar-refractivity contribution in [1.82, 2.24) is 10.6 Å². The molecule has 1 amide bonds. The number of nitrogens with one attached hydrogen (secondary N) is 2. The standard InChI is InChI=1S/C16H23ClN2O2.ClH/c1-16(2)7-4-8-18-14(16)10-19-15(20)12-9-11(17)5-6-13(12)21-3;/h5-6,9,14,18H,4,7-8,10H2,1-3H3,(H,19,20);1H. The van der Waals surface area contributed by atoms with Gasteiger partial charge < -0.3 is 15.4 Å². The van der Waals surface area contributed by atoms with E-state index in [2.05, 4.69) is 24.5 Å². The molecular formula is C16H24Cl2N2O2. The molecule has 4 nitrogen and oxygen atoms in total. The number of benzene rings is 1. The summed E-state index contributed by atoms with van der Waals surface area (Å²) in [5, 5.41) is 7.00. The van der Waals surface area contributed by atoms with Gasteiger partial charge in [-0.2, -0.15) is 0 Å². The lowest BCUT2D eigenvalue weighted by atomic mass is 9.77. The Kier molecular flexibility index (Phi) is 6.98. The Morgan fingerprint density at radius 3 is 2.86 bits per heavy atom. The lowest BCUT2D eigenvalue weighted by Crippen LogP contribution is -2.52. The zero-order valence-electron chi connectivity index (χ0n) is 13.2. The summed E-state index contributed by atoms with van der Waals surface area (Å²) in [4.78, 5) is 12.4. The molecular weight excluding hydrogens is 323 g/mol. The SMILES string of the molecule is COc1ccc(Cl)cc1C(=O)NCC1NCCCC1(C)C.Cl. The van der Waals surface area contributed by atoms with Crippen molar-refractivity contribution in [2.75, 3.05) is 20.2 Å². The first-order valence-electron chi connectivity index (χ1n) is 7.29. The van der Waals surface area contributed by atoms with Gasteiger partial charge in [-0.05, 0) is 43.0 Å². The Balaban J connectivity index is 0.00000242. The molecule has 6 heteroatoms. The Morgan fingerprint density at radius 1 is 1.50 bits per heavy atom. The molecule has 1 aliphatic heterocycles. The van der Waals surface area contributed by atoms with Crippen molar-refractivity contribution < 1.29 is 9.53 Å². The van der Waals surface area contributed by atoms with E-state index in [0.717, 1.165) is 6.54 Å². The largest absolute Gasteiger partial charge is 0.496 e. The monoisotopic (exact) mass is 346 g/mol. The van der Waals surface area contributed by atoms with E-state index < -0.39 is 0 Å². The van der Waals surface area contributed by atoms with Crippen molar-refractivity contribution in [3.05, 3.63) is 28.8 Å². The number of amides is 1. The van der Waals surface area contributed by atoms with Crippen LogP contribution < -0.4 is 15.4 Å². The fraction of sp³-hybridized carbons (Fsp3) is 0.562. The highest BCUT2D eigenvalue weighted by Gasteiger charge is 2.32. The summed E-state index contributed by atoms with van der Waals surface area (Å²) < 4.78 is 5.22. The first kappa shape index (κ1) is 19.1. The maximum Gasteiger partial charge on any atom is 0.255 e. The van der Waals surface area contributed by atoms with Crippen molar-refractivity contribution in [2.45, 2.75) is 32.7 Å². The first-order chi connectivity index (χ1) is 9.94. The normalized spacial score (nSPS) is 19.9. The van der Waals surface area contributed by atoms with Gasteiger partial charge >= 0.3 is 0 Å². The maximum atomic E-state index is 12.4. The van der Waals surface area contributed by atoms with E-state index in [-0.39, 0.29) is 29.8 Å². The minimum atomic E-state index is -0.155. The van der Waals surface area contributed by atoms with E-state index in [1.807, 2.05) is 0 Å². The molecule has 0 aliphatic carbocycles. The molecule has 1 aliphatic rings. The average Bonchev–Trinajstić information content (AvgIpc) is 2.45. The van der Waals surface area contributed by atoms with Crippen LogP contribution in [0.1, 0.15) is 37.0 Å². The van der Waals surface area contributed by atoms with Crippen LogP contribution in [0.25, 0.3) is 0 Å². The van der Waals surface area contributed by atoms with Crippen LogP contribution in [0.5, 0.6) is 5.75 Å². The topological polar surface area (TPSA) is 50.4 Å². The third-order valence-electron chi connectivity index (χ3n) is 4.20. The Morgan fingerprint density at radius 2 is 2.23 bits per heavy atom. The average molecular weight is 347 g/mol. The summed E-state index contributed by atoms with van der Waals surface area (Å²) in [5.74, 6) is 0.380.